The number of benzene rings is 2. The average molecular weight is 386 g/mol. The molecule has 2 saturated heterocycles. The van der Waals surface area contributed by atoms with Crippen LogP contribution in [0.1, 0.15) is 17.2 Å². The molecule has 0 amide bonds. The normalized spacial score (nSPS) is 34.6. The molecule has 2 fully saturated rings. The lowest BCUT2D eigenvalue weighted by molar-refractivity contribution is -0.268. The number of rotatable bonds is 2. The van der Waals surface area contributed by atoms with E-state index in [-0.39, 0.29) is 26.8 Å². The Morgan fingerprint density at radius 1 is 0.821 bits per heavy atom. The Balaban J connectivity index is 1.35. The second-order valence-corrected chi connectivity index (χ2v) is 7.40. The van der Waals surface area contributed by atoms with Crippen LogP contribution in [0.2, 0.25) is 0 Å². The summed E-state index contributed by atoms with van der Waals surface area (Å²) in [6.07, 6.45) is -0.442. The number of hydrogen-bond donors (Lipinski definition) is 2. The summed E-state index contributed by atoms with van der Waals surface area (Å²) in [7, 11) is 0. The topological polar surface area (TPSA) is 95.8 Å². The molecule has 0 radical (unpaired) electrons. The minimum absolute atomic E-state index is 0.0677. The Hall–Kier alpha value is -2.52. The molecule has 0 saturated carbocycles. The maximum Gasteiger partial charge on any atom is 0.231 e. The van der Waals surface area contributed by atoms with Gasteiger partial charge in [-0.15, -0.1) is 0 Å². The van der Waals surface area contributed by atoms with E-state index >= 15 is 0 Å². The second-order valence-electron chi connectivity index (χ2n) is 7.40. The third-order valence-corrected chi connectivity index (χ3v) is 6.01. The van der Waals surface area contributed by atoms with Crippen LogP contribution in [0.4, 0.5) is 0 Å². The van der Waals surface area contributed by atoms with Crippen molar-refractivity contribution in [2.24, 2.45) is 5.92 Å². The van der Waals surface area contributed by atoms with Crippen LogP contribution < -0.4 is 18.9 Å². The molecular formula is C20H18O8. The summed E-state index contributed by atoms with van der Waals surface area (Å²) in [6.45, 7) is 0.382. The van der Waals surface area contributed by atoms with Crippen molar-refractivity contribution in [1.29, 1.82) is 0 Å². The summed E-state index contributed by atoms with van der Waals surface area (Å²) in [5, 5.41) is 22.8. The Morgan fingerprint density at radius 2 is 1.50 bits per heavy atom. The van der Waals surface area contributed by atoms with Gasteiger partial charge in [0.2, 0.25) is 19.4 Å². The molecule has 146 valence electrons. The van der Waals surface area contributed by atoms with E-state index in [0.29, 0.717) is 28.6 Å². The van der Waals surface area contributed by atoms with Crippen LogP contribution in [0.25, 0.3) is 0 Å². The highest BCUT2D eigenvalue weighted by molar-refractivity contribution is 5.48. The Kier molecular flexibility index (Phi) is 3.24. The minimum Gasteiger partial charge on any atom is -0.454 e. The lowest BCUT2D eigenvalue weighted by Crippen LogP contribution is -2.52. The quantitative estimate of drug-likeness (QED) is 0.801. The highest BCUT2D eigenvalue weighted by Gasteiger charge is 2.67. The van der Waals surface area contributed by atoms with Crippen molar-refractivity contribution in [3.8, 4) is 23.0 Å². The van der Waals surface area contributed by atoms with Crippen LogP contribution in [-0.4, -0.2) is 42.6 Å². The first-order valence-corrected chi connectivity index (χ1v) is 9.08. The molecule has 4 aliphatic heterocycles. The first-order chi connectivity index (χ1) is 13.6. The molecule has 4 aliphatic rings. The van der Waals surface area contributed by atoms with Crippen molar-refractivity contribution < 1.29 is 38.6 Å². The fourth-order valence-electron chi connectivity index (χ4n) is 4.46. The third kappa shape index (κ3) is 2.03. The minimum atomic E-state index is -1.91. The Labute approximate surface area is 160 Å². The van der Waals surface area contributed by atoms with Gasteiger partial charge in [-0.3, -0.25) is 0 Å². The van der Waals surface area contributed by atoms with E-state index in [9.17, 15) is 10.2 Å². The summed E-state index contributed by atoms with van der Waals surface area (Å²) in [5.41, 5.74) is -0.373. The van der Waals surface area contributed by atoms with Crippen molar-refractivity contribution in [3.05, 3.63) is 47.5 Å². The summed E-state index contributed by atoms with van der Waals surface area (Å²) in [4.78, 5) is 0. The zero-order valence-electron chi connectivity index (χ0n) is 14.8. The van der Waals surface area contributed by atoms with Gasteiger partial charge in [-0.25, -0.2) is 0 Å². The van der Waals surface area contributed by atoms with Crippen molar-refractivity contribution in [2.45, 2.75) is 17.5 Å². The van der Waals surface area contributed by atoms with Crippen LogP contribution >= 0.6 is 0 Å². The van der Waals surface area contributed by atoms with Gasteiger partial charge in [-0.05, 0) is 35.9 Å². The number of aliphatic hydroxyl groups is 2. The van der Waals surface area contributed by atoms with Crippen LogP contribution in [0.5, 0.6) is 23.0 Å². The van der Waals surface area contributed by atoms with E-state index in [0.717, 1.165) is 5.56 Å². The highest BCUT2D eigenvalue weighted by Crippen LogP contribution is 2.56. The Bertz CT molecular complexity index is 961. The third-order valence-electron chi connectivity index (χ3n) is 6.01. The van der Waals surface area contributed by atoms with Crippen molar-refractivity contribution in [3.63, 3.8) is 0 Å². The standard InChI is InChI=1S/C20H18O8/c21-19-8-23-18(11-1-3-14-16(5-11)26-9-24-14)13(19)7-28-20(19,22)12-2-4-15-17(6-12)27-10-25-15/h1-6,13,18,21-22H,7-10H2/t13-,18-,19-,20+/m0/s1. The smallest absolute Gasteiger partial charge is 0.231 e. The lowest BCUT2D eigenvalue weighted by atomic mass is 9.78. The fourth-order valence-corrected chi connectivity index (χ4v) is 4.46. The fraction of sp³-hybridized carbons (Fsp3) is 0.400. The molecule has 0 aromatic heterocycles. The predicted molar refractivity (Wildman–Crippen MR) is 92.1 cm³/mol. The largest absolute Gasteiger partial charge is 0.454 e. The zero-order chi connectivity index (χ0) is 18.9. The van der Waals surface area contributed by atoms with E-state index < -0.39 is 23.4 Å². The Morgan fingerprint density at radius 3 is 2.29 bits per heavy atom. The van der Waals surface area contributed by atoms with Gasteiger partial charge in [0.15, 0.2) is 28.6 Å². The van der Waals surface area contributed by atoms with Crippen molar-refractivity contribution in [2.75, 3.05) is 26.8 Å². The number of fused-ring (bicyclic) bond motifs is 3. The van der Waals surface area contributed by atoms with E-state index in [1.165, 1.54) is 0 Å². The molecule has 2 aromatic rings. The molecule has 6 rings (SSSR count). The molecule has 0 bridgehead atoms. The van der Waals surface area contributed by atoms with Gasteiger partial charge in [0, 0.05) is 11.5 Å². The van der Waals surface area contributed by atoms with Gasteiger partial charge >= 0.3 is 0 Å². The molecule has 0 spiro atoms. The summed E-state index contributed by atoms with van der Waals surface area (Å²) < 4.78 is 33.2. The highest BCUT2D eigenvalue weighted by atomic mass is 16.7. The predicted octanol–water partition coefficient (Wildman–Crippen LogP) is 1.44. The molecule has 4 atom stereocenters. The monoisotopic (exact) mass is 386 g/mol. The van der Waals surface area contributed by atoms with Crippen molar-refractivity contribution >= 4 is 0 Å². The second kappa shape index (κ2) is 5.51. The molecule has 28 heavy (non-hydrogen) atoms. The summed E-state index contributed by atoms with van der Waals surface area (Å²) in [5.74, 6) is 0.0490. The van der Waals surface area contributed by atoms with Crippen LogP contribution in [0.15, 0.2) is 36.4 Å². The van der Waals surface area contributed by atoms with E-state index in [4.69, 9.17) is 28.4 Å². The molecule has 4 heterocycles. The van der Waals surface area contributed by atoms with Crippen LogP contribution in [-0.2, 0) is 15.3 Å². The molecule has 2 N–H and O–H groups in total. The number of ether oxygens (including phenoxy) is 6. The van der Waals surface area contributed by atoms with Gasteiger partial charge in [0.05, 0.1) is 19.3 Å². The zero-order valence-corrected chi connectivity index (χ0v) is 14.8. The van der Waals surface area contributed by atoms with Gasteiger partial charge < -0.3 is 38.6 Å². The molecule has 0 aliphatic carbocycles. The maximum absolute atomic E-state index is 11.4. The van der Waals surface area contributed by atoms with Crippen molar-refractivity contribution in [1.82, 2.24) is 0 Å². The van der Waals surface area contributed by atoms with Gasteiger partial charge in [0.25, 0.3) is 0 Å². The first kappa shape index (κ1) is 16.4. The number of hydrogen-bond acceptors (Lipinski definition) is 8. The lowest BCUT2D eigenvalue weighted by Gasteiger charge is -2.35. The van der Waals surface area contributed by atoms with Gasteiger partial charge in [-0.2, -0.15) is 0 Å². The summed E-state index contributed by atoms with van der Waals surface area (Å²) >= 11 is 0. The molecule has 2 aromatic carbocycles. The SMILES string of the molecule is O[C@]1(c2ccc3c(c2)OCO3)OC[C@H]2[C@H](c3ccc4c(c3)OCO4)OC[C@]21O. The van der Waals surface area contributed by atoms with Gasteiger partial charge in [-0.1, -0.05) is 6.07 Å². The van der Waals surface area contributed by atoms with Crippen LogP contribution in [0.3, 0.4) is 0 Å². The molecule has 8 heteroatoms. The molecular weight excluding hydrogens is 368 g/mol. The van der Waals surface area contributed by atoms with E-state index in [1.807, 2.05) is 18.2 Å². The maximum atomic E-state index is 11.4. The molecule has 0 unspecified atom stereocenters. The van der Waals surface area contributed by atoms with E-state index in [2.05, 4.69) is 0 Å². The molecule has 8 nitrogen and oxygen atoms in total. The average Bonchev–Trinajstić information content (AvgIpc) is 3.46. The summed E-state index contributed by atoms with van der Waals surface area (Å²) in [6, 6.07) is 10.5. The first-order valence-electron chi connectivity index (χ1n) is 9.08. The van der Waals surface area contributed by atoms with Gasteiger partial charge in [0.1, 0.15) is 0 Å². The van der Waals surface area contributed by atoms with Crippen LogP contribution in [0, 0.1) is 5.92 Å². The van der Waals surface area contributed by atoms with E-state index in [1.54, 1.807) is 18.2 Å².